The largest absolute Gasteiger partial charge is 0.439 e. The first kappa shape index (κ1) is 13.4. The van der Waals surface area contributed by atoms with E-state index in [1.54, 1.807) is 0 Å². The summed E-state index contributed by atoms with van der Waals surface area (Å²) in [4.78, 5) is 4.40. The van der Waals surface area contributed by atoms with E-state index in [2.05, 4.69) is 36.1 Å². The standard InChI is InChI=1S/C16H17NOSi/c1-19(2,3)13-12-14-8-7-11-16(17-14)18-15-9-5-4-6-10-15/h4-11H,1-3H3. The summed E-state index contributed by atoms with van der Waals surface area (Å²) >= 11 is 0. The van der Waals surface area contributed by atoms with Crippen LogP contribution >= 0.6 is 0 Å². The fourth-order valence-electron chi connectivity index (χ4n) is 1.40. The number of hydrogen-bond donors (Lipinski definition) is 0. The minimum atomic E-state index is -1.37. The van der Waals surface area contributed by atoms with Crippen LogP contribution in [0.2, 0.25) is 19.6 Å². The molecule has 0 radical (unpaired) electrons. The quantitative estimate of drug-likeness (QED) is 0.603. The van der Waals surface area contributed by atoms with Crippen LogP contribution in [0.15, 0.2) is 48.5 Å². The highest BCUT2D eigenvalue weighted by molar-refractivity contribution is 6.83. The maximum Gasteiger partial charge on any atom is 0.220 e. The molecule has 0 atom stereocenters. The van der Waals surface area contributed by atoms with Gasteiger partial charge in [-0.25, -0.2) is 4.98 Å². The molecule has 0 aliphatic carbocycles. The summed E-state index contributed by atoms with van der Waals surface area (Å²) in [7, 11) is -1.37. The van der Waals surface area contributed by atoms with Crippen molar-refractivity contribution in [1.82, 2.24) is 4.98 Å². The van der Waals surface area contributed by atoms with E-state index in [0.29, 0.717) is 5.88 Å². The summed E-state index contributed by atoms with van der Waals surface area (Å²) in [6.07, 6.45) is 0. The van der Waals surface area contributed by atoms with Gasteiger partial charge in [0, 0.05) is 6.07 Å². The molecule has 2 aromatic rings. The Kier molecular flexibility index (Phi) is 4.03. The van der Waals surface area contributed by atoms with Crippen molar-refractivity contribution in [3.63, 3.8) is 0 Å². The maximum atomic E-state index is 5.68. The Morgan fingerprint density at radius 1 is 0.947 bits per heavy atom. The molecule has 3 heteroatoms. The van der Waals surface area contributed by atoms with Crippen LogP contribution in [-0.2, 0) is 0 Å². The van der Waals surface area contributed by atoms with Gasteiger partial charge in [-0.15, -0.1) is 5.54 Å². The summed E-state index contributed by atoms with van der Waals surface area (Å²) in [6, 6.07) is 15.3. The maximum absolute atomic E-state index is 5.68. The molecule has 2 rings (SSSR count). The second-order valence-corrected chi connectivity index (χ2v) is 10.0. The van der Waals surface area contributed by atoms with Crippen LogP contribution in [0, 0.1) is 11.5 Å². The van der Waals surface area contributed by atoms with E-state index in [-0.39, 0.29) is 0 Å². The first-order chi connectivity index (χ1) is 9.03. The van der Waals surface area contributed by atoms with Crippen molar-refractivity contribution in [3.8, 4) is 23.1 Å². The number of benzene rings is 1. The van der Waals surface area contributed by atoms with Crippen molar-refractivity contribution in [2.75, 3.05) is 0 Å². The highest BCUT2D eigenvalue weighted by atomic mass is 28.3. The van der Waals surface area contributed by atoms with Crippen LogP contribution in [0.1, 0.15) is 5.69 Å². The van der Waals surface area contributed by atoms with Crippen molar-refractivity contribution in [1.29, 1.82) is 0 Å². The van der Waals surface area contributed by atoms with E-state index in [1.807, 2.05) is 48.5 Å². The number of hydrogen-bond acceptors (Lipinski definition) is 2. The van der Waals surface area contributed by atoms with Gasteiger partial charge in [-0.3, -0.25) is 0 Å². The zero-order valence-electron chi connectivity index (χ0n) is 11.5. The molecule has 0 bridgehead atoms. The van der Waals surface area contributed by atoms with Crippen LogP contribution in [0.25, 0.3) is 0 Å². The van der Waals surface area contributed by atoms with Gasteiger partial charge < -0.3 is 4.74 Å². The summed E-state index contributed by atoms with van der Waals surface area (Å²) in [5.74, 6) is 4.49. The lowest BCUT2D eigenvalue weighted by Crippen LogP contribution is -2.16. The monoisotopic (exact) mass is 267 g/mol. The highest BCUT2D eigenvalue weighted by Crippen LogP contribution is 2.18. The van der Waals surface area contributed by atoms with E-state index in [0.717, 1.165) is 11.4 Å². The number of ether oxygens (including phenoxy) is 1. The second kappa shape index (κ2) is 5.72. The zero-order chi connectivity index (χ0) is 13.7. The first-order valence-electron chi connectivity index (χ1n) is 6.26. The average Bonchev–Trinajstić information content (AvgIpc) is 2.37. The smallest absolute Gasteiger partial charge is 0.220 e. The minimum Gasteiger partial charge on any atom is -0.439 e. The predicted molar refractivity (Wildman–Crippen MR) is 81.0 cm³/mol. The van der Waals surface area contributed by atoms with Gasteiger partial charge in [0.25, 0.3) is 0 Å². The lowest BCUT2D eigenvalue weighted by Gasteiger charge is -2.05. The van der Waals surface area contributed by atoms with E-state index in [1.165, 1.54) is 0 Å². The van der Waals surface area contributed by atoms with E-state index in [4.69, 9.17) is 4.74 Å². The number of pyridine rings is 1. The third kappa shape index (κ3) is 4.61. The predicted octanol–water partition coefficient (Wildman–Crippen LogP) is 4.10. The summed E-state index contributed by atoms with van der Waals surface area (Å²) in [6.45, 7) is 6.64. The third-order valence-corrected chi connectivity index (χ3v) is 3.13. The van der Waals surface area contributed by atoms with Crippen LogP contribution in [0.4, 0.5) is 0 Å². The molecule has 1 aromatic heterocycles. The molecule has 0 aliphatic heterocycles. The van der Waals surface area contributed by atoms with Gasteiger partial charge in [-0.1, -0.05) is 49.8 Å². The molecule has 0 spiro atoms. The Balaban J connectivity index is 2.18. The molecule has 0 saturated heterocycles. The Hall–Kier alpha value is -2.05. The van der Waals surface area contributed by atoms with Gasteiger partial charge >= 0.3 is 0 Å². The van der Waals surface area contributed by atoms with Gasteiger partial charge in [-0.2, -0.15) is 0 Å². The van der Waals surface area contributed by atoms with Crippen LogP contribution in [0.5, 0.6) is 11.6 Å². The molecule has 0 fully saturated rings. The number of aromatic nitrogens is 1. The van der Waals surface area contributed by atoms with Gasteiger partial charge in [-0.05, 0) is 18.2 Å². The molecule has 0 N–H and O–H groups in total. The van der Waals surface area contributed by atoms with E-state index in [9.17, 15) is 0 Å². The number of rotatable bonds is 2. The minimum absolute atomic E-state index is 0.577. The first-order valence-corrected chi connectivity index (χ1v) is 9.76. The Morgan fingerprint density at radius 2 is 1.68 bits per heavy atom. The topological polar surface area (TPSA) is 22.1 Å². The van der Waals surface area contributed by atoms with E-state index >= 15 is 0 Å². The fraction of sp³-hybridized carbons (Fsp3) is 0.188. The Bertz CT molecular complexity index is 606. The molecule has 0 saturated carbocycles. The molecule has 0 aliphatic rings. The molecule has 1 aromatic carbocycles. The van der Waals surface area contributed by atoms with Crippen LogP contribution < -0.4 is 4.74 Å². The Morgan fingerprint density at radius 3 is 2.37 bits per heavy atom. The molecular formula is C16H17NOSi. The summed E-state index contributed by atoms with van der Waals surface area (Å²) in [5, 5.41) is 0. The number of nitrogens with zero attached hydrogens (tertiary/aromatic N) is 1. The molecule has 2 nitrogen and oxygen atoms in total. The van der Waals surface area contributed by atoms with Gasteiger partial charge in [0.2, 0.25) is 5.88 Å². The number of para-hydroxylation sites is 1. The fourth-order valence-corrected chi connectivity index (χ4v) is 1.91. The third-order valence-electron chi connectivity index (χ3n) is 2.25. The lowest BCUT2D eigenvalue weighted by molar-refractivity contribution is 0.462. The zero-order valence-corrected chi connectivity index (χ0v) is 12.5. The van der Waals surface area contributed by atoms with E-state index < -0.39 is 8.07 Å². The summed E-state index contributed by atoms with van der Waals surface area (Å²) in [5.41, 5.74) is 4.06. The molecule has 1 heterocycles. The van der Waals surface area contributed by atoms with Gasteiger partial charge in [0.1, 0.15) is 19.5 Å². The van der Waals surface area contributed by atoms with Crippen molar-refractivity contribution < 1.29 is 4.74 Å². The SMILES string of the molecule is C[Si](C)(C)C#Cc1cccc(Oc2ccccc2)n1. The average molecular weight is 267 g/mol. The summed E-state index contributed by atoms with van der Waals surface area (Å²) < 4.78 is 5.68. The van der Waals surface area contributed by atoms with Gasteiger partial charge in [0.05, 0.1) is 0 Å². The Labute approximate surface area is 115 Å². The van der Waals surface area contributed by atoms with Gasteiger partial charge in [0.15, 0.2) is 0 Å². The molecule has 96 valence electrons. The van der Waals surface area contributed by atoms with Crippen LogP contribution in [0.3, 0.4) is 0 Å². The van der Waals surface area contributed by atoms with Crippen LogP contribution in [-0.4, -0.2) is 13.1 Å². The van der Waals surface area contributed by atoms with Crippen molar-refractivity contribution in [2.45, 2.75) is 19.6 Å². The molecule has 19 heavy (non-hydrogen) atoms. The van der Waals surface area contributed by atoms with Crippen molar-refractivity contribution in [3.05, 3.63) is 54.2 Å². The molecule has 0 unspecified atom stereocenters. The molecular weight excluding hydrogens is 250 g/mol. The highest BCUT2D eigenvalue weighted by Gasteiger charge is 2.07. The molecule has 0 amide bonds. The second-order valence-electron chi connectivity index (χ2n) is 5.28. The van der Waals surface area contributed by atoms with Crippen molar-refractivity contribution >= 4 is 8.07 Å². The normalized spacial score (nSPS) is 10.5. The lowest BCUT2D eigenvalue weighted by atomic mass is 10.3. The van der Waals surface area contributed by atoms with Crippen molar-refractivity contribution in [2.24, 2.45) is 0 Å².